The third-order valence-electron chi connectivity index (χ3n) is 15.1. The van der Waals surface area contributed by atoms with E-state index >= 15 is 0 Å². The molecule has 489 valence electrons. The Morgan fingerprint density at radius 3 is 1.31 bits per heavy atom. The van der Waals surface area contributed by atoms with Crippen molar-refractivity contribution in [1.29, 1.82) is 0 Å². The van der Waals surface area contributed by atoms with Gasteiger partial charge in [0.25, 0.3) is 0 Å². The van der Waals surface area contributed by atoms with Gasteiger partial charge in [-0.1, -0.05) is 86.6 Å². The summed E-state index contributed by atoms with van der Waals surface area (Å²) in [6.45, 7) is 22.9. The molecule has 12 rings (SSSR count). The Labute approximate surface area is 557 Å². The zero-order valence-electron chi connectivity index (χ0n) is 54.4. The van der Waals surface area contributed by atoms with Gasteiger partial charge in [0.15, 0.2) is 6.29 Å². The van der Waals surface area contributed by atoms with Crippen molar-refractivity contribution in [2.75, 3.05) is 111 Å². The average Bonchev–Trinajstić information content (AvgIpc) is 1.38. The smallest absolute Gasteiger partial charge is 0.227 e. The lowest BCUT2D eigenvalue weighted by atomic mass is 10.1. The number of nitrogens with zero attached hydrogens (tertiary/aromatic N) is 9. The Morgan fingerprint density at radius 1 is 0.484 bits per heavy atom. The molecule has 0 spiro atoms. The number of nitrogens with one attached hydrogen (secondary N) is 7. The van der Waals surface area contributed by atoms with Crippen LogP contribution in [-0.2, 0) is 30.4 Å². The molecule has 9 aromatic rings. The molecule has 3 fully saturated rings. The van der Waals surface area contributed by atoms with Gasteiger partial charge in [-0.3, -0.25) is 24.1 Å². The lowest BCUT2D eigenvalue weighted by molar-refractivity contribution is -0.183. The van der Waals surface area contributed by atoms with Crippen molar-refractivity contribution in [1.82, 2.24) is 49.9 Å². The largest absolute Gasteiger partial charge is 0.348 e. The molecule has 3 amide bonds. The van der Waals surface area contributed by atoms with Gasteiger partial charge >= 0.3 is 0 Å². The van der Waals surface area contributed by atoms with E-state index in [9.17, 15) is 19.2 Å². The van der Waals surface area contributed by atoms with Crippen LogP contribution < -0.4 is 37.2 Å². The predicted octanol–water partition coefficient (Wildman–Crippen LogP) is 11.5. The molecule has 95 heavy (non-hydrogen) atoms. The summed E-state index contributed by atoms with van der Waals surface area (Å²) in [6, 6.07) is 51.5. The van der Waals surface area contributed by atoms with Crippen LogP contribution in [0, 0.1) is 0 Å². The van der Waals surface area contributed by atoms with E-state index in [1.807, 2.05) is 121 Å². The number of ether oxygens (including phenoxy) is 2. The Bertz CT molecular complexity index is 3890. The van der Waals surface area contributed by atoms with Crippen LogP contribution in [0.2, 0.25) is 0 Å². The monoisotopic (exact) mass is 1280 g/mol. The standard InChI is InChI=1S/C25H30N6O.C22H22N4O3.C19H16N4O2.C6H14N2.B/c1-3-30-13-15-31(16-14-30)18-20-5-4-6-23(17-20)28-25-26-12-11-24(29-25)21-7-9-22(10-8-21)27-19(2)32;1-15(27)24-18-8-6-16(7-9-18)20-10-11-23-22(26-20)25-19-5-2-4-17(14-19)21-28-12-3-13-29-21;1-13(25)21-16-7-5-15(6-8-16)18-9-10-20-19(23-18)22-17-4-2-3-14(11-17)12-24;1-2-8-5-3-7-4-6-8;/h4-12,17H,3,13-16,18H2,1-2H3,(H,27,32)(H,26,28,29);2,4-11,14,21H,3,12-13H2,1H3,(H,24,27)(H,23,25,26);2-12H,1H3,(H,21,25)(H,20,22,23);7H,2-6H2,1H3;. The highest BCUT2D eigenvalue weighted by atomic mass is 16.7. The quantitative estimate of drug-likeness (QED) is 0.0311. The van der Waals surface area contributed by atoms with E-state index in [0.29, 0.717) is 36.6 Å². The fraction of sp³-hybridized carbons (Fsp3) is 0.278. The Morgan fingerprint density at radius 2 is 0.884 bits per heavy atom. The molecule has 3 radical (unpaired) electrons. The fourth-order valence-electron chi connectivity index (χ4n) is 10.3. The van der Waals surface area contributed by atoms with Crippen LogP contribution in [0.5, 0.6) is 0 Å². The van der Waals surface area contributed by atoms with Gasteiger partial charge in [0.2, 0.25) is 35.6 Å². The van der Waals surface area contributed by atoms with Crippen molar-refractivity contribution < 1.29 is 28.7 Å². The third kappa shape index (κ3) is 23.1. The summed E-state index contributed by atoms with van der Waals surface area (Å²) in [6.07, 6.45) is 6.50. The van der Waals surface area contributed by atoms with Crippen LogP contribution in [0.3, 0.4) is 0 Å². The topological polar surface area (TPSA) is 258 Å². The summed E-state index contributed by atoms with van der Waals surface area (Å²) in [5.41, 5.74) is 12.8. The SMILES string of the molecule is CC(=O)Nc1ccc(-c2ccnc(Nc3cccc(C4OCCCO4)c3)n2)cc1.CC(=O)Nc1ccc(-c2ccnc(Nc3cccc(C=O)c3)n2)cc1.CCN1CCN(Cc2cccc(Nc3nccc(-c4ccc(NC(C)=O)cc4)n3)c2)CC1.CCN1CCNCC1.[B]. The first-order valence-corrected chi connectivity index (χ1v) is 31.6. The molecular weight excluding hydrogens is 1200 g/mol. The second-order valence-electron chi connectivity index (χ2n) is 22.3. The Balaban J connectivity index is 0.000000172. The minimum absolute atomic E-state index is 0. The molecule has 0 aliphatic carbocycles. The van der Waals surface area contributed by atoms with Crippen LogP contribution in [0.4, 0.5) is 52.0 Å². The van der Waals surface area contributed by atoms with E-state index in [4.69, 9.17) is 9.47 Å². The van der Waals surface area contributed by atoms with E-state index in [2.05, 4.69) is 114 Å². The first kappa shape index (κ1) is 70.7. The normalized spacial score (nSPS) is 14.0. The zero-order valence-corrected chi connectivity index (χ0v) is 54.4. The Hall–Kier alpha value is -10.1. The minimum Gasteiger partial charge on any atom is -0.348 e. The number of anilines is 9. The first-order chi connectivity index (χ1) is 45.8. The van der Waals surface area contributed by atoms with Gasteiger partial charge in [0, 0.05) is 169 Å². The summed E-state index contributed by atoms with van der Waals surface area (Å²) in [7, 11) is 0. The van der Waals surface area contributed by atoms with Crippen molar-refractivity contribution in [2.45, 2.75) is 53.9 Å². The van der Waals surface area contributed by atoms with Gasteiger partial charge in [0.05, 0.1) is 30.3 Å². The van der Waals surface area contributed by atoms with Crippen LogP contribution in [0.1, 0.15) is 68.8 Å². The lowest BCUT2D eigenvalue weighted by Crippen LogP contribution is -2.45. The molecule has 3 saturated heterocycles. The number of rotatable bonds is 18. The highest BCUT2D eigenvalue weighted by molar-refractivity contribution is 5.90. The summed E-state index contributed by atoms with van der Waals surface area (Å²) in [4.78, 5) is 78.4. The summed E-state index contributed by atoms with van der Waals surface area (Å²) >= 11 is 0. The molecule has 3 aliphatic rings. The predicted molar refractivity (Wildman–Crippen MR) is 377 cm³/mol. The molecule has 3 aliphatic heterocycles. The van der Waals surface area contributed by atoms with Crippen molar-refractivity contribution in [2.24, 2.45) is 0 Å². The van der Waals surface area contributed by atoms with Gasteiger partial charge in [-0.25, -0.2) is 29.9 Å². The maximum atomic E-state index is 11.2. The molecule has 0 unspecified atom stereocenters. The number of aromatic nitrogens is 6. The maximum absolute atomic E-state index is 11.2. The van der Waals surface area contributed by atoms with Crippen LogP contribution in [-0.4, -0.2) is 156 Å². The van der Waals surface area contributed by atoms with Gasteiger partial charge in [0.1, 0.15) is 6.29 Å². The fourth-order valence-corrected chi connectivity index (χ4v) is 10.3. The molecule has 22 nitrogen and oxygen atoms in total. The minimum atomic E-state index is -0.333. The van der Waals surface area contributed by atoms with E-state index in [1.54, 1.807) is 42.9 Å². The second kappa shape index (κ2) is 36.9. The van der Waals surface area contributed by atoms with E-state index < -0.39 is 0 Å². The van der Waals surface area contributed by atoms with Gasteiger partial charge < -0.3 is 56.5 Å². The first-order valence-electron chi connectivity index (χ1n) is 31.6. The molecule has 23 heteroatoms. The molecule has 3 aromatic heterocycles. The van der Waals surface area contributed by atoms with Crippen molar-refractivity contribution in [3.8, 4) is 33.8 Å². The molecule has 6 heterocycles. The molecule has 7 N–H and O–H groups in total. The average molecular weight is 1280 g/mol. The summed E-state index contributed by atoms with van der Waals surface area (Å²) < 4.78 is 11.3. The number of carbonyl (C=O) groups is 4. The second-order valence-corrected chi connectivity index (χ2v) is 22.3. The molecular formula is C72H82BN16O6. The van der Waals surface area contributed by atoms with Gasteiger partial charge in [-0.05, 0) is 116 Å². The molecule has 6 aromatic carbocycles. The van der Waals surface area contributed by atoms with Crippen LogP contribution in [0.25, 0.3) is 33.8 Å². The zero-order chi connectivity index (χ0) is 65.9. The number of amides is 3. The number of hydrogen-bond donors (Lipinski definition) is 7. The number of likely N-dealkylation sites (N-methyl/N-ethyl adjacent to an activating group) is 2. The molecule has 0 atom stereocenters. The van der Waals surface area contributed by atoms with E-state index in [1.165, 1.54) is 59.1 Å². The summed E-state index contributed by atoms with van der Waals surface area (Å²) in [5, 5.41) is 21.2. The lowest BCUT2D eigenvalue weighted by Gasteiger charge is -2.34. The number of hydrogen-bond acceptors (Lipinski definition) is 19. The van der Waals surface area contributed by atoms with Crippen molar-refractivity contribution in [3.05, 3.63) is 199 Å². The molecule has 0 saturated carbocycles. The van der Waals surface area contributed by atoms with Gasteiger partial charge in [-0.2, -0.15) is 0 Å². The third-order valence-corrected chi connectivity index (χ3v) is 15.1. The van der Waals surface area contributed by atoms with Crippen LogP contribution in [0.15, 0.2) is 182 Å². The number of piperazine rings is 2. The molecule has 0 bridgehead atoms. The van der Waals surface area contributed by atoms with Crippen molar-refractivity contribution >= 4 is 84.4 Å². The number of carbonyl (C=O) groups excluding carboxylic acids is 4. The van der Waals surface area contributed by atoms with Crippen molar-refractivity contribution in [3.63, 3.8) is 0 Å². The Kier molecular flexibility index (Phi) is 27.5. The summed E-state index contributed by atoms with van der Waals surface area (Å²) in [5.74, 6) is 1.19. The van der Waals surface area contributed by atoms with Crippen LogP contribution >= 0.6 is 0 Å². The number of aldehydes is 1. The highest BCUT2D eigenvalue weighted by Crippen LogP contribution is 2.29. The number of benzene rings is 6. The van der Waals surface area contributed by atoms with E-state index in [0.717, 1.165) is 125 Å². The maximum Gasteiger partial charge on any atom is 0.227 e. The van der Waals surface area contributed by atoms with Gasteiger partial charge in [-0.15, -0.1) is 0 Å². The van der Waals surface area contributed by atoms with E-state index in [-0.39, 0.29) is 32.4 Å². The highest BCUT2D eigenvalue weighted by Gasteiger charge is 2.19.